The Kier molecular flexibility index (Phi) is 13.6. The van der Waals surface area contributed by atoms with E-state index in [1.54, 1.807) is 0 Å². The van der Waals surface area contributed by atoms with Gasteiger partial charge >= 0.3 is 18.5 Å². The molecule has 0 N–H and O–H groups in total. The summed E-state index contributed by atoms with van der Waals surface area (Å²) in [5.41, 5.74) is -25.0. The van der Waals surface area contributed by atoms with Crippen LogP contribution in [0.15, 0.2) is 84.2 Å². The minimum Gasteiger partial charge on any atom is -0.305 e. The van der Waals surface area contributed by atoms with Gasteiger partial charge in [0.15, 0.2) is 69.8 Å². The molecule has 0 radical (unpaired) electrons. The Hall–Kier alpha value is -7.44. The first kappa shape index (κ1) is 53.4. The lowest BCUT2D eigenvalue weighted by Crippen LogP contribution is -2.28. The first-order valence-corrected chi connectivity index (χ1v) is 19.7. The normalized spacial score (nSPS) is 15.2. The number of benzene rings is 6. The maximum absolute atomic E-state index is 16.5. The highest BCUT2D eigenvalue weighted by molar-refractivity contribution is 5.93. The topological polar surface area (TPSA) is 9.72 Å². The van der Waals surface area contributed by atoms with Crippen LogP contribution in [0.25, 0.3) is 0 Å². The number of rotatable bonds is 9. The first-order valence-electron chi connectivity index (χ1n) is 19.7. The number of halogens is 24. The van der Waals surface area contributed by atoms with Gasteiger partial charge in [-0.1, -0.05) is 0 Å². The van der Waals surface area contributed by atoms with Gasteiger partial charge in [0.1, 0.15) is 51.1 Å². The Bertz CT molecular complexity index is 3170. The molecule has 3 nitrogen and oxygen atoms in total. The lowest BCUT2D eigenvalue weighted by molar-refractivity contribution is -0.144. The van der Waals surface area contributed by atoms with Gasteiger partial charge < -0.3 is 9.80 Å². The summed E-state index contributed by atoms with van der Waals surface area (Å²) in [7, 11) is 0. The number of alkyl halides is 10. The fraction of sp³-hybridized carbons (Fsp3) is 0.152. The van der Waals surface area contributed by atoms with E-state index in [9.17, 15) is 48.3 Å². The molecule has 27 heteroatoms. The lowest BCUT2D eigenvalue weighted by Gasteiger charge is -2.36. The molecule has 0 aromatic heterocycles. The van der Waals surface area contributed by atoms with Crippen LogP contribution in [0.2, 0.25) is 0 Å². The highest BCUT2D eigenvalue weighted by Gasteiger charge is 2.48. The number of nitrogens with zero attached hydrogens (tertiary/aromatic N) is 3. The SMILES string of the molecule is CC1(F)C=C=C(N(c2ccc(N(c3ccc(F)cc3)c3c(F)c(F)c(C(F)(F)F)c(F)c3F)cc2N(c2ccc(F)cc2)c2c(F)c(F)c(C(F)(F)F)c(F)c2F)c2c(F)c(F)c(C(F)(F)F)c(F)c2F)CC1. The standard InChI is InChI=1S/C46H19F24N3/c1-43(61)14-12-21(13-15-43)72(41-36(57)30(51)26(45(65,66)67)31(52)37(41)58)23-11-10-22(71(19-6-2-17(47)3-7-19)40-34(55)28(49)25(44(62,63)64)29(50)35(40)56)16-24(23)73(20-8-4-18(48)5-9-20)42-38(59)32(53)27(46(68,69)70)33(54)39(42)60/h2-11,15-16H,12,14H2,1H3. The van der Waals surface area contributed by atoms with Crippen molar-refractivity contribution in [2.24, 2.45) is 0 Å². The summed E-state index contributed by atoms with van der Waals surface area (Å²) >= 11 is 0. The Balaban J connectivity index is 1.75. The second kappa shape index (κ2) is 18.6. The zero-order chi connectivity index (χ0) is 54.3. The summed E-state index contributed by atoms with van der Waals surface area (Å²) in [6.07, 6.45) is -20.3. The minimum atomic E-state index is -6.30. The Morgan fingerprint density at radius 1 is 0.397 bits per heavy atom. The maximum atomic E-state index is 16.5. The monoisotopic (exact) mass is 1070 g/mol. The van der Waals surface area contributed by atoms with Gasteiger partial charge in [0.05, 0.1) is 17.1 Å². The van der Waals surface area contributed by atoms with E-state index in [0.29, 0.717) is 54.6 Å². The molecule has 0 saturated heterocycles. The lowest BCUT2D eigenvalue weighted by atomic mass is 9.95. The molecular formula is C46H19F24N3. The molecule has 0 aliphatic heterocycles. The third-order valence-electron chi connectivity index (χ3n) is 10.8. The summed E-state index contributed by atoms with van der Waals surface area (Å²) in [5, 5.41) is 0. The molecule has 0 saturated carbocycles. The van der Waals surface area contributed by atoms with Crippen LogP contribution < -0.4 is 14.7 Å². The third-order valence-corrected chi connectivity index (χ3v) is 10.8. The summed E-state index contributed by atoms with van der Waals surface area (Å²) in [6.45, 7) is 0.824. The van der Waals surface area contributed by atoms with Gasteiger partial charge in [-0.2, -0.15) is 39.5 Å². The summed E-state index contributed by atoms with van der Waals surface area (Å²) in [4.78, 5) is -0.818. The van der Waals surface area contributed by atoms with Gasteiger partial charge in [0.25, 0.3) is 0 Å². The average Bonchev–Trinajstić information content (AvgIpc) is 3.28. The van der Waals surface area contributed by atoms with Crippen molar-refractivity contribution in [2.75, 3.05) is 14.7 Å². The quantitative estimate of drug-likeness (QED) is 0.0812. The molecule has 1 aliphatic carbocycles. The van der Waals surface area contributed by atoms with E-state index >= 15 is 57.1 Å². The largest absolute Gasteiger partial charge is 0.422 e. The molecule has 0 amide bonds. The number of hydrogen-bond acceptors (Lipinski definition) is 3. The second-order valence-corrected chi connectivity index (χ2v) is 15.6. The van der Waals surface area contributed by atoms with Crippen LogP contribution in [0.1, 0.15) is 36.5 Å². The summed E-state index contributed by atoms with van der Waals surface area (Å²) in [6, 6.07) is 3.62. The molecule has 1 aliphatic rings. The van der Waals surface area contributed by atoms with Gasteiger partial charge in [-0.3, -0.25) is 4.90 Å². The van der Waals surface area contributed by atoms with Crippen LogP contribution in [0.5, 0.6) is 0 Å². The van der Waals surface area contributed by atoms with E-state index in [0.717, 1.165) is 6.92 Å². The van der Waals surface area contributed by atoms with Crippen LogP contribution in [0, 0.1) is 81.4 Å². The van der Waals surface area contributed by atoms with E-state index in [4.69, 9.17) is 0 Å². The van der Waals surface area contributed by atoms with E-state index < -0.39 is 186 Å². The minimum absolute atomic E-state index is 0.0484. The van der Waals surface area contributed by atoms with Crippen molar-refractivity contribution < 1.29 is 105 Å². The highest BCUT2D eigenvalue weighted by atomic mass is 19.4. The van der Waals surface area contributed by atoms with Crippen LogP contribution >= 0.6 is 0 Å². The second-order valence-electron chi connectivity index (χ2n) is 15.6. The van der Waals surface area contributed by atoms with Crippen LogP contribution in [-0.4, -0.2) is 5.67 Å². The molecule has 7 rings (SSSR count). The predicted octanol–water partition coefficient (Wildman–Crippen LogP) is 17.3. The van der Waals surface area contributed by atoms with Crippen molar-refractivity contribution in [3.8, 4) is 0 Å². The van der Waals surface area contributed by atoms with E-state index in [2.05, 4.69) is 5.73 Å². The molecular weight excluding hydrogens is 1050 g/mol. The fourth-order valence-corrected chi connectivity index (χ4v) is 7.51. The van der Waals surface area contributed by atoms with Crippen LogP contribution in [-0.2, 0) is 18.5 Å². The highest BCUT2D eigenvalue weighted by Crippen LogP contribution is 2.54. The number of hydrogen-bond donors (Lipinski definition) is 0. The van der Waals surface area contributed by atoms with Gasteiger partial charge in [-0.15, -0.1) is 5.73 Å². The van der Waals surface area contributed by atoms with Crippen molar-refractivity contribution in [2.45, 2.75) is 44.0 Å². The smallest absolute Gasteiger partial charge is 0.305 e. The van der Waals surface area contributed by atoms with E-state index in [-0.39, 0.29) is 32.9 Å². The van der Waals surface area contributed by atoms with Crippen molar-refractivity contribution in [3.05, 3.63) is 182 Å². The summed E-state index contributed by atoms with van der Waals surface area (Å²) < 4.78 is 360. The molecule has 0 spiro atoms. The van der Waals surface area contributed by atoms with Crippen LogP contribution in [0.4, 0.5) is 151 Å². The number of anilines is 8. The molecule has 386 valence electrons. The van der Waals surface area contributed by atoms with E-state index in [1.807, 2.05) is 0 Å². The summed E-state index contributed by atoms with van der Waals surface area (Å²) in [5.74, 6) is -40.3. The molecule has 6 aromatic rings. The maximum Gasteiger partial charge on any atom is 0.422 e. The number of allylic oxidation sites excluding steroid dienone is 1. The van der Waals surface area contributed by atoms with Crippen molar-refractivity contribution >= 4 is 45.5 Å². The van der Waals surface area contributed by atoms with Gasteiger partial charge in [-0.25, -0.2) is 65.9 Å². The molecule has 6 aromatic carbocycles. The van der Waals surface area contributed by atoms with Crippen LogP contribution in [0.3, 0.4) is 0 Å². The molecule has 0 bridgehead atoms. The van der Waals surface area contributed by atoms with Gasteiger partial charge in [0, 0.05) is 17.1 Å². The van der Waals surface area contributed by atoms with Gasteiger partial charge in [0.2, 0.25) is 0 Å². The zero-order valence-electron chi connectivity index (χ0n) is 35.3. The van der Waals surface area contributed by atoms with Crippen molar-refractivity contribution in [1.82, 2.24) is 0 Å². The predicted molar refractivity (Wildman–Crippen MR) is 209 cm³/mol. The molecule has 1 atom stereocenters. The average molecular weight is 1070 g/mol. The first-order chi connectivity index (χ1) is 33.7. The van der Waals surface area contributed by atoms with E-state index in [1.165, 1.54) is 0 Å². The van der Waals surface area contributed by atoms with Gasteiger partial charge in [-0.05, 0) is 92.6 Å². The Morgan fingerprint density at radius 3 is 1.04 bits per heavy atom. The fourth-order valence-electron chi connectivity index (χ4n) is 7.51. The molecule has 0 fully saturated rings. The molecule has 0 heterocycles. The molecule has 73 heavy (non-hydrogen) atoms. The third kappa shape index (κ3) is 9.45. The van der Waals surface area contributed by atoms with Crippen molar-refractivity contribution in [3.63, 3.8) is 0 Å². The zero-order valence-corrected chi connectivity index (χ0v) is 35.3. The molecule has 1 unspecified atom stereocenters. The van der Waals surface area contributed by atoms with Crippen molar-refractivity contribution in [1.29, 1.82) is 0 Å². The Morgan fingerprint density at radius 2 is 0.712 bits per heavy atom. The Labute approximate surface area is 391 Å².